The molecule has 2 heterocycles. The third-order valence-corrected chi connectivity index (χ3v) is 6.96. The monoisotopic (exact) mass is 497 g/mol. The van der Waals surface area contributed by atoms with Crippen molar-refractivity contribution in [2.45, 2.75) is 12.0 Å². The van der Waals surface area contributed by atoms with E-state index in [1.54, 1.807) is 11.1 Å². The van der Waals surface area contributed by atoms with Gasteiger partial charge in [-0.1, -0.05) is 66.7 Å². The van der Waals surface area contributed by atoms with Gasteiger partial charge in [0.05, 0.1) is 37.6 Å². The Morgan fingerprint density at radius 2 is 1.57 bits per heavy atom. The SMILES string of the molecule is O=C(C(c1ccccc1)c1ccccc1)N1CC[N+]([O-])(CC(O)COc2cccc3ncccc23)CC1. The molecule has 4 aromatic rings. The van der Waals surface area contributed by atoms with Gasteiger partial charge in [-0.3, -0.25) is 9.78 Å². The Kier molecular flexibility index (Phi) is 7.46. The molecule has 0 bridgehead atoms. The topological polar surface area (TPSA) is 85.7 Å². The van der Waals surface area contributed by atoms with E-state index in [1.807, 2.05) is 91.0 Å². The summed E-state index contributed by atoms with van der Waals surface area (Å²) in [5, 5.41) is 24.9. The number of ether oxygens (including phenoxy) is 1. The van der Waals surface area contributed by atoms with Crippen molar-refractivity contribution < 1.29 is 19.3 Å². The minimum Gasteiger partial charge on any atom is -0.633 e. The van der Waals surface area contributed by atoms with Crippen LogP contribution in [0, 0.1) is 5.21 Å². The van der Waals surface area contributed by atoms with E-state index in [-0.39, 0.29) is 32.1 Å². The van der Waals surface area contributed by atoms with Crippen molar-refractivity contribution in [2.24, 2.45) is 0 Å². The zero-order chi connectivity index (χ0) is 25.7. The molecule has 3 aromatic carbocycles. The number of aromatic nitrogens is 1. The maximum Gasteiger partial charge on any atom is 0.234 e. The number of benzene rings is 3. The second-order valence-electron chi connectivity index (χ2n) is 9.56. The van der Waals surface area contributed by atoms with Crippen LogP contribution in [-0.2, 0) is 4.79 Å². The van der Waals surface area contributed by atoms with E-state index in [9.17, 15) is 15.1 Å². The average molecular weight is 498 g/mol. The third kappa shape index (κ3) is 5.80. The number of hydrogen-bond donors (Lipinski definition) is 1. The second-order valence-corrected chi connectivity index (χ2v) is 9.56. The quantitative estimate of drug-likeness (QED) is 0.294. The summed E-state index contributed by atoms with van der Waals surface area (Å²) < 4.78 is 5.30. The number of nitrogens with zero attached hydrogens (tertiary/aromatic N) is 3. The average Bonchev–Trinajstić information content (AvgIpc) is 2.93. The lowest BCUT2D eigenvalue weighted by atomic mass is 9.90. The maximum atomic E-state index is 13.6. The lowest BCUT2D eigenvalue weighted by Gasteiger charge is -2.49. The molecular formula is C30H31N3O4. The molecule has 7 nitrogen and oxygen atoms in total. The highest BCUT2D eigenvalue weighted by Crippen LogP contribution is 2.28. The number of pyridine rings is 1. The number of aliphatic hydroxyl groups excluding tert-OH is 1. The van der Waals surface area contributed by atoms with Crippen LogP contribution in [0.2, 0.25) is 0 Å². The summed E-state index contributed by atoms with van der Waals surface area (Å²) in [4.78, 5) is 19.7. The Morgan fingerprint density at radius 1 is 0.919 bits per heavy atom. The van der Waals surface area contributed by atoms with Crippen LogP contribution in [0.5, 0.6) is 5.75 Å². The van der Waals surface area contributed by atoms with Gasteiger partial charge in [-0.2, -0.15) is 0 Å². The van der Waals surface area contributed by atoms with E-state index >= 15 is 0 Å². The molecule has 1 aliphatic rings. The van der Waals surface area contributed by atoms with Crippen LogP contribution in [0.15, 0.2) is 97.2 Å². The summed E-state index contributed by atoms with van der Waals surface area (Å²) in [7, 11) is 0. The van der Waals surface area contributed by atoms with Gasteiger partial charge in [-0.15, -0.1) is 0 Å². The van der Waals surface area contributed by atoms with E-state index in [4.69, 9.17) is 4.74 Å². The molecule has 1 aliphatic heterocycles. The number of aliphatic hydroxyl groups is 1. The van der Waals surface area contributed by atoms with Crippen LogP contribution >= 0.6 is 0 Å². The number of hydroxylamine groups is 3. The number of piperazine rings is 1. The Bertz CT molecular complexity index is 1280. The second kappa shape index (κ2) is 11.1. The molecule has 190 valence electrons. The van der Waals surface area contributed by atoms with E-state index in [2.05, 4.69) is 4.98 Å². The zero-order valence-corrected chi connectivity index (χ0v) is 20.6. The fraction of sp³-hybridized carbons (Fsp3) is 0.267. The molecule has 1 aromatic heterocycles. The number of rotatable bonds is 8. The van der Waals surface area contributed by atoms with Crippen molar-refractivity contribution in [1.82, 2.24) is 9.88 Å². The zero-order valence-electron chi connectivity index (χ0n) is 20.6. The third-order valence-electron chi connectivity index (χ3n) is 6.96. The fourth-order valence-corrected chi connectivity index (χ4v) is 5.01. The van der Waals surface area contributed by atoms with Gasteiger partial charge in [-0.05, 0) is 35.4 Å². The first-order valence-electron chi connectivity index (χ1n) is 12.6. The number of carbonyl (C=O) groups excluding carboxylic acids is 1. The normalized spacial score (nSPS) is 16.0. The maximum absolute atomic E-state index is 13.6. The molecular weight excluding hydrogens is 466 g/mol. The van der Waals surface area contributed by atoms with E-state index in [0.29, 0.717) is 18.8 Å². The smallest absolute Gasteiger partial charge is 0.234 e. The molecule has 0 radical (unpaired) electrons. The van der Waals surface area contributed by atoms with Crippen LogP contribution in [0.4, 0.5) is 0 Å². The minimum absolute atomic E-state index is 0.00269. The molecule has 1 saturated heterocycles. The van der Waals surface area contributed by atoms with E-state index in [0.717, 1.165) is 22.0 Å². The Labute approximate surface area is 216 Å². The summed E-state index contributed by atoms with van der Waals surface area (Å²) in [5.74, 6) is 0.214. The lowest BCUT2D eigenvalue weighted by molar-refractivity contribution is -0.887. The predicted molar refractivity (Wildman–Crippen MR) is 143 cm³/mol. The highest BCUT2D eigenvalue weighted by Gasteiger charge is 2.34. The number of carbonyl (C=O) groups is 1. The van der Waals surface area contributed by atoms with Crippen LogP contribution in [0.3, 0.4) is 0 Å². The highest BCUT2D eigenvalue weighted by atomic mass is 16.6. The summed E-state index contributed by atoms with van der Waals surface area (Å²) in [6.45, 7) is 1.20. The van der Waals surface area contributed by atoms with Gasteiger partial charge in [-0.25, -0.2) is 0 Å². The van der Waals surface area contributed by atoms with Gasteiger partial charge in [0.1, 0.15) is 25.0 Å². The fourth-order valence-electron chi connectivity index (χ4n) is 5.01. The Morgan fingerprint density at radius 3 is 2.22 bits per heavy atom. The first kappa shape index (κ1) is 24.9. The van der Waals surface area contributed by atoms with Crippen molar-refractivity contribution in [3.63, 3.8) is 0 Å². The number of fused-ring (bicyclic) bond motifs is 1. The molecule has 1 amide bonds. The van der Waals surface area contributed by atoms with E-state index < -0.39 is 16.7 Å². The van der Waals surface area contributed by atoms with Crippen molar-refractivity contribution in [3.8, 4) is 5.75 Å². The summed E-state index contributed by atoms with van der Waals surface area (Å²) >= 11 is 0. The van der Waals surface area contributed by atoms with Gasteiger partial charge in [0, 0.05) is 11.6 Å². The molecule has 1 N–H and O–H groups in total. The van der Waals surface area contributed by atoms with Gasteiger partial charge in [0.25, 0.3) is 0 Å². The first-order valence-corrected chi connectivity index (χ1v) is 12.6. The molecule has 37 heavy (non-hydrogen) atoms. The largest absolute Gasteiger partial charge is 0.633 e. The number of amides is 1. The summed E-state index contributed by atoms with van der Waals surface area (Å²) in [6.07, 6.45) is 0.798. The van der Waals surface area contributed by atoms with Gasteiger partial charge < -0.3 is 24.6 Å². The highest BCUT2D eigenvalue weighted by molar-refractivity contribution is 5.87. The van der Waals surface area contributed by atoms with Crippen molar-refractivity contribution in [2.75, 3.05) is 39.3 Å². The lowest BCUT2D eigenvalue weighted by Crippen LogP contribution is -2.60. The number of hydrogen-bond acceptors (Lipinski definition) is 5. The molecule has 1 fully saturated rings. The number of quaternary nitrogens is 1. The van der Waals surface area contributed by atoms with Gasteiger partial charge in [0.2, 0.25) is 5.91 Å². The standard InChI is InChI=1S/C30H31N3O4/c34-25(22-37-28-15-7-14-27-26(28)13-8-16-31-27)21-33(36)19-17-32(18-20-33)30(35)29(23-9-3-1-4-10-23)24-11-5-2-6-12-24/h1-16,25,29,34H,17-22H2. The molecule has 0 aliphatic carbocycles. The molecule has 5 rings (SSSR count). The van der Waals surface area contributed by atoms with Crippen molar-refractivity contribution in [3.05, 3.63) is 114 Å². The summed E-state index contributed by atoms with van der Waals surface area (Å²) in [5.41, 5.74) is 2.68. The van der Waals surface area contributed by atoms with Crippen molar-refractivity contribution in [1.29, 1.82) is 0 Å². The predicted octanol–water partition coefficient (Wildman–Crippen LogP) is 3.96. The van der Waals surface area contributed by atoms with Crippen LogP contribution in [0.25, 0.3) is 10.9 Å². The minimum atomic E-state index is -0.923. The molecule has 1 unspecified atom stereocenters. The Hall–Kier alpha value is -3.78. The molecule has 0 spiro atoms. The van der Waals surface area contributed by atoms with Crippen LogP contribution in [-0.4, -0.2) is 71.0 Å². The molecule has 0 saturated carbocycles. The Balaban J connectivity index is 1.20. The first-order chi connectivity index (χ1) is 18.0. The molecule has 1 atom stereocenters. The van der Waals surface area contributed by atoms with Crippen LogP contribution < -0.4 is 4.74 Å². The molecule has 7 heteroatoms. The van der Waals surface area contributed by atoms with Gasteiger partial charge >= 0.3 is 0 Å². The summed E-state index contributed by atoms with van der Waals surface area (Å²) in [6, 6.07) is 28.8. The van der Waals surface area contributed by atoms with Gasteiger partial charge in [0.15, 0.2) is 0 Å². The van der Waals surface area contributed by atoms with Crippen LogP contribution in [0.1, 0.15) is 17.0 Å². The van der Waals surface area contributed by atoms with Crippen molar-refractivity contribution >= 4 is 16.8 Å². The van der Waals surface area contributed by atoms with E-state index in [1.165, 1.54) is 0 Å².